The second-order valence-electron chi connectivity index (χ2n) is 4.82. The fourth-order valence-electron chi connectivity index (χ4n) is 2.58. The lowest BCUT2D eigenvalue weighted by molar-refractivity contribution is 0.218. The molecular formula is C14H15N3O2. The minimum atomic E-state index is -0.0861. The lowest BCUT2D eigenvalue weighted by Gasteiger charge is -2.13. The summed E-state index contributed by atoms with van der Waals surface area (Å²) >= 11 is 0. The van der Waals surface area contributed by atoms with Crippen molar-refractivity contribution in [3.8, 4) is 11.8 Å². The molecule has 2 aliphatic heterocycles. The van der Waals surface area contributed by atoms with Crippen molar-refractivity contribution in [3.63, 3.8) is 0 Å². The summed E-state index contributed by atoms with van der Waals surface area (Å²) in [6.07, 6.45) is 1.31. The first-order valence-corrected chi connectivity index (χ1v) is 6.46. The van der Waals surface area contributed by atoms with Gasteiger partial charge in [0.05, 0.1) is 25.1 Å². The van der Waals surface area contributed by atoms with Gasteiger partial charge in [-0.25, -0.2) is 4.79 Å². The molecule has 1 unspecified atom stereocenters. The maximum Gasteiger partial charge on any atom is 0.318 e. The lowest BCUT2D eigenvalue weighted by atomic mass is 10.0. The minimum absolute atomic E-state index is 0.0112. The molecule has 0 bridgehead atoms. The molecule has 1 aromatic rings. The lowest BCUT2D eigenvalue weighted by Crippen LogP contribution is -2.28. The van der Waals surface area contributed by atoms with Gasteiger partial charge in [0.1, 0.15) is 5.75 Å². The van der Waals surface area contributed by atoms with E-state index in [9.17, 15) is 4.79 Å². The van der Waals surface area contributed by atoms with Crippen molar-refractivity contribution in [2.75, 3.05) is 19.7 Å². The molecule has 0 spiro atoms. The third kappa shape index (κ3) is 2.22. The summed E-state index contributed by atoms with van der Waals surface area (Å²) in [6.45, 7) is 1.86. The van der Waals surface area contributed by atoms with Gasteiger partial charge in [0.2, 0.25) is 0 Å². The normalized spacial score (nSPS) is 20.7. The number of carbonyl (C=O) groups is 1. The molecule has 1 atom stereocenters. The Bertz CT molecular complexity index is 550. The highest BCUT2D eigenvalue weighted by Crippen LogP contribution is 2.29. The van der Waals surface area contributed by atoms with Crippen LogP contribution < -0.4 is 10.1 Å². The standard InChI is InChI=1S/C14H15N3O2/c15-5-1-6-17-9-12(16-14(17)18)10-2-3-13-11(8-10)4-7-19-13/h2-3,8,12H,1,4,6-7,9H2,(H,16,18). The molecule has 2 aliphatic rings. The molecule has 19 heavy (non-hydrogen) atoms. The minimum Gasteiger partial charge on any atom is -0.493 e. The maximum absolute atomic E-state index is 11.8. The zero-order valence-corrected chi connectivity index (χ0v) is 10.6. The summed E-state index contributed by atoms with van der Waals surface area (Å²) in [5.41, 5.74) is 2.32. The van der Waals surface area contributed by atoms with Gasteiger partial charge < -0.3 is 15.0 Å². The Morgan fingerprint density at radius 3 is 3.26 bits per heavy atom. The van der Waals surface area contributed by atoms with Crippen molar-refractivity contribution in [1.29, 1.82) is 5.26 Å². The molecule has 0 radical (unpaired) electrons. The van der Waals surface area contributed by atoms with Crippen LogP contribution >= 0.6 is 0 Å². The van der Waals surface area contributed by atoms with Gasteiger partial charge in [-0.2, -0.15) is 5.26 Å². The first-order chi connectivity index (χ1) is 9.28. The molecule has 1 saturated heterocycles. The van der Waals surface area contributed by atoms with Crippen LogP contribution in [0.2, 0.25) is 0 Å². The Kier molecular flexibility index (Phi) is 3.00. The number of fused-ring (bicyclic) bond motifs is 1. The first-order valence-electron chi connectivity index (χ1n) is 6.46. The predicted molar refractivity (Wildman–Crippen MR) is 68.7 cm³/mol. The number of nitrogens with zero attached hydrogens (tertiary/aromatic N) is 2. The van der Waals surface area contributed by atoms with Crippen LogP contribution in [0, 0.1) is 11.3 Å². The molecular weight excluding hydrogens is 242 g/mol. The van der Waals surface area contributed by atoms with E-state index in [1.165, 1.54) is 5.56 Å². The fourth-order valence-corrected chi connectivity index (χ4v) is 2.58. The summed E-state index contributed by atoms with van der Waals surface area (Å²) in [4.78, 5) is 13.5. The van der Waals surface area contributed by atoms with E-state index in [-0.39, 0.29) is 12.1 Å². The Morgan fingerprint density at radius 1 is 1.53 bits per heavy atom. The Morgan fingerprint density at radius 2 is 2.42 bits per heavy atom. The van der Waals surface area contributed by atoms with Crippen molar-refractivity contribution in [1.82, 2.24) is 10.2 Å². The number of amides is 2. The van der Waals surface area contributed by atoms with Crippen LogP contribution in [0.1, 0.15) is 23.6 Å². The van der Waals surface area contributed by atoms with Crippen LogP contribution in [-0.4, -0.2) is 30.6 Å². The van der Waals surface area contributed by atoms with E-state index in [2.05, 4.69) is 17.5 Å². The number of carbonyl (C=O) groups excluding carboxylic acids is 1. The highest BCUT2D eigenvalue weighted by atomic mass is 16.5. The van der Waals surface area contributed by atoms with Gasteiger partial charge in [0, 0.05) is 19.5 Å². The molecule has 2 amide bonds. The number of nitrogens with one attached hydrogen (secondary N) is 1. The van der Waals surface area contributed by atoms with E-state index >= 15 is 0 Å². The monoisotopic (exact) mass is 257 g/mol. The van der Waals surface area contributed by atoms with Crippen molar-refractivity contribution in [2.45, 2.75) is 18.9 Å². The number of hydrogen-bond donors (Lipinski definition) is 1. The van der Waals surface area contributed by atoms with Crippen molar-refractivity contribution in [2.24, 2.45) is 0 Å². The van der Waals surface area contributed by atoms with E-state index in [0.29, 0.717) is 19.5 Å². The second-order valence-corrected chi connectivity index (χ2v) is 4.82. The van der Waals surface area contributed by atoms with E-state index in [0.717, 1.165) is 24.3 Å². The van der Waals surface area contributed by atoms with Crippen LogP contribution in [-0.2, 0) is 6.42 Å². The van der Waals surface area contributed by atoms with Gasteiger partial charge in [-0.1, -0.05) is 6.07 Å². The highest BCUT2D eigenvalue weighted by Gasteiger charge is 2.29. The molecule has 3 rings (SSSR count). The molecule has 5 nitrogen and oxygen atoms in total. The van der Waals surface area contributed by atoms with E-state index < -0.39 is 0 Å². The molecule has 1 N–H and O–H groups in total. The third-order valence-corrected chi connectivity index (χ3v) is 3.60. The van der Waals surface area contributed by atoms with E-state index in [1.807, 2.05) is 12.1 Å². The van der Waals surface area contributed by atoms with Crippen LogP contribution in [0.15, 0.2) is 18.2 Å². The molecule has 0 saturated carbocycles. The van der Waals surface area contributed by atoms with Crippen LogP contribution in [0.25, 0.3) is 0 Å². The van der Waals surface area contributed by atoms with Crippen LogP contribution in [0.4, 0.5) is 4.79 Å². The van der Waals surface area contributed by atoms with Gasteiger partial charge in [-0.3, -0.25) is 0 Å². The molecule has 0 aliphatic carbocycles. The Hall–Kier alpha value is -2.22. The zero-order chi connectivity index (χ0) is 13.2. The number of nitriles is 1. The number of urea groups is 1. The average Bonchev–Trinajstić information content (AvgIpc) is 3.02. The zero-order valence-electron chi connectivity index (χ0n) is 10.6. The summed E-state index contributed by atoms with van der Waals surface area (Å²) in [5.74, 6) is 0.953. The average molecular weight is 257 g/mol. The smallest absolute Gasteiger partial charge is 0.318 e. The molecule has 1 aromatic carbocycles. The predicted octanol–water partition coefficient (Wildman–Crippen LogP) is 1.60. The third-order valence-electron chi connectivity index (χ3n) is 3.60. The maximum atomic E-state index is 11.8. The SMILES string of the molecule is N#CCCN1CC(c2ccc3c(c2)CCO3)NC1=O. The van der Waals surface area contributed by atoms with Gasteiger partial charge in [-0.05, 0) is 23.3 Å². The van der Waals surface area contributed by atoms with E-state index in [1.54, 1.807) is 4.90 Å². The highest BCUT2D eigenvalue weighted by molar-refractivity contribution is 5.77. The van der Waals surface area contributed by atoms with Gasteiger partial charge >= 0.3 is 6.03 Å². The summed E-state index contributed by atoms with van der Waals surface area (Å²) < 4.78 is 5.48. The van der Waals surface area contributed by atoms with Gasteiger partial charge in [0.15, 0.2) is 0 Å². The molecule has 2 heterocycles. The Labute approximate surface area is 111 Å². The summed E-state index contributed by atoms with van der Waals surface area (Å²) in [5, 5.41) is 11.5. The topological polar surface area (TPSA) is 65.4 Å². The van der Waals surface area contributed by atoms with Crippen molar-refractivity contribution in [3.05, 3.63) is 29.3 Å². The molecule has 0 aromatic heterocycles. The number of rotatable bonds is 3. The molecule has 98 valence electrons. The van der Waals surface area contributed by atoms with Crippen LogP contribution in [0.5, 0.6) is 5.75 Å². The largest absolute Gasteiger partial charge is 0.493 e. The van der Waals surface area contributed by atoms with E-state index in [4.69, 9.17) is 10.00 Å². The number of benzene rings is 1. The quantitative estimate of drug-likeness (QED) is 0.894. The van der Waals surface area contributed by atoms with Crippen molar-refractivity contribution < 1.29 is 9.53 Å². The number of hydrogen-bond acceptors (Lipinski definition) is 3. The van der Waals surface area contributed by atoms with Gasteiger partial charge in [0.25, 0.3) is 0 Å². The fraction of sp³-hybridized carbons (Fsp3) is 0.429. The second kappa shape index (κ2) is 4.81. The first kappa shape index (κ1) is 11.8. The summed E-state index contributed by atoms with van der Waals surface area (Å²) in [7, 11) is 0. The van der Waals surface area contributed by atoms with Crippen molar-refractivity contribution >= 4 is 6.03 Å². The summed E-state index contributed by atoms with van der Waals surface area (Å²) in [6, 6.07) is 8.08. The van der Waals surface area contributed by atoms with Crippen LogP contribution in [0.3, 0.4) is 0 Å². The molecule has 5 heteroatoms. The van der Waals surface area contributed by atoms with Gasteiger partial charge in [-0.15, -0.1) is 0 Å². The number of ether oxygens (including phenoxy) is 1. The molecule has 1 fully saturated rings. The Balaban J connectivity index is 1.74.